The van der Waals surface area contributed by atoms with E-state index >= 15 is 0 Å². The maximum Gasteiger partial charge on any atom is 0.151 e. The number of thiol groups is 1. The first-order chi connectivity index (χ1) is 13.5. The second-order valence-electron chi connectivity index (χ2n) is 8.32. The number of hydrogen-bond donors (Lipinski definition) is 2. The largest absolute Gasteiger partial charge is 0.298 e. The zero-order valence-corrected chi connectivity index (χ0v) is 19.8. The van der Waals surface area contributed by atoms with Crippen LogP contribution in [0.15, 0.2) is 0 Å². The van der Waals surface area contributed by atoms with Crippen molar-refractivity contribution in [1.29, 1.82) is 5.41 Å². The molecule has 168 valence electrons. The molecule has 29 heavy (non-hydrogen) atoms. The first-order valence-corrected chi connectivity index (χ1v) is 11.8. The molecule has 1 aliphatic rings. The molecule has 0 radical (unpaired) electrons. The molecule has 1 fully saturated rings. The highest BCUT2D eigenvalue weighted by molar-refractivity contribution is 7.96. The number of Topliss-reactive ketones (excluding diaryl/α,β-unsaturated/α-hetero) is 3. The second-order valence-corrected chi connectivity index (χ2v) is 8.80. The van der Waals surface area contributed by atoms with Crippen LogP contribution < -0.4 is 0 Å². The van der Waals surface area contributed by atoms with Gasteiger partial charge in [-0.1, -0.05) is 84.0 Å². The fourth-order valence-electron chi connectivity index (χ4n) is 3.99. The monoisotopic (exact) mass is 445 g/mol. The van der Waals surface area contributed by atoms with Crippen molar-refractivity contribution in [3.63, 3.8) is 0 Å². The van der Waals surface area contributed by atoms with Crippen molar-refractivity contribution >= 4 is 47.4 Å². The van der Waals surface area contributed by atoms with E-state index in [0.29, 0.717) is 6.42 Å². The lowest BCUT2D eigenvalue weighted by Crippen LogP contribution is -2.40. The lowest BCUT2D eigenvalue weighted by Gasteiger charge is -2.24. The van der Waals surface area contributed by atoms with Gasteiger partial charge >= 0.3 is 0 Å². The predicted molar refractivity (Wildman–Crippen MR) is 126 cm³/mol. The number of carbonyl (C=O) groups is 3. The zero-order chi connectivity index (χ0) is 20.8. The molecule has 1 N–H and O–H groups in total. The lowest BCUT2D eigenvalue weighted by molar-refractivity contribution is -0.142. The standard InChI is InChI=1S/C23H39NO3S.ClH/c1-2-3-4-5-6-7-8-9-10-11-12-13-14-15-19(25)22-20(26)16-18(23(24)28)17-21(22)27;/h18,22H,2-17H2,1H3,(H2,24,28);1H. The molecule has 1 aliphatic carbocycles. The Morgan fingerprint density at radius 2 is 1.21 bits per heavy atom. The van der Waals surface area contributed by atoms with Crippen LogP contribution in [0.1, 0.15) is 110 Å². The molecule has 0 saturated heterocycles. The summed E-state index contributed by atoms with van der Waals surface area (Å²) in [5.74, 6) is -2.35. The summed E-state index contributed by atoms with van der Waals surface area (Å²) in [6, 6.07) is 0. The minimum Gasteiger partial charge on any atom is -0.298 e. The molecule has 0 unspecified atom stereocenters. The van der Waals surface area contributed by atoms with E-state index in [2.05, 4.69) is 19.6 Å². The maximum atomic E-state index is 12.3. The summed E-state index contributed by atoms with van der Waals surface area (Å²) in [5, 5.41) is 7.54. The minimum absolute atomic E-state index is 0. The molecule has 0 heterocycles. The Morgan fingerprint density at radius 3 is 1.59 bits per heavy atom. The quantitative estimate of drug-likeness (QED) is 0.0931. The molecule has 0 aromatic carbocycles. The Balaban J connectivity index is 0.00000784. The van der Waals surface area contributed by atoms with Crippen LogP contribution in [-0.4, -0.2) is 22.4 Å². The predicted octanol–water partition coefficient (Wildman–Crippen LogP) is 6.53. The Bertz CT molecular complexity index is 506. The van der Waals surface area contributed by atoms with Crippen molar-refractivity contribution in [2.24, 2.45) is 11.8 Å². The van der Waals surface area contributed by atoms with Gasteiger partial charge in [0.05, 0.1) is 5.04 Å². The molecule has 0 aromatic heterocycles. The molecule has 0 amide bonds. The van der Waals surface area contributed by atoms with E-state index in [-0.39, 0.29) is 47.6 Å². The third kappa shape index (κ3) is 11.9. The van der Waals surface area contributed by atoms with E-state index in [4.69, 9.17) is 5.41 Å². The normalized spacial score (nSPS) is 19.1. The number of ketones is 3. The van der Waals surface area contributed by atoms with Gasteiger partial charge < -0.3 is 0 Å². The van der Waals surface area contributed by atoms with Gasteiger partial charge in [0.25, 0.3) is 0 Å². The molecular weight excluding hydrogens is 406 g/mol. The van der Waals surface area contributed by atoms with E-state index in [1.54, 1.807) is 0 Å². The Labute approximate surface area is 188 Å². The Hall–Kier alpha value is -0.680. The fourth-order valence-corrected chi connectivity index (χ4v) is 4.17. The van der Waals surface area contributed by atoms with Gasteiger partial charge in [0.15, 0.2) is 17.3 Å². The van der Waals surface area contributed by atoms with Crippen molar-refractivity contribution in [3.05, 3.63) is 0 Å². The lowest BCUT2D eigenvalue weighted by atomic mass is 9.77. The number of nitrogens with one attached hydrogen (secondary N) is 1. The molecule has 0 spiro atoms. The summed E-state index contributed by atoms with van der Waals surface area (Å²) in [7, 11) is 0. The van der Waals surface area contributed by atoms with Crippen LogP contribution in [0.4, 0.5) is 0 Å². The van der Waals surface area contributed by atoms with Gasteiger partial charge in [0, 0.05) is 25.2 Å². The van der Waals surface area contributed by atoms with Gasteiger partial charge in [-0.2, -0.15) is 0 Å². The fraction of sp³-hybridized carbons (Fsp3) is 0.826. The van der Waals surface area contributed by atoms with Crippen LogP contribution >= 0.6 is 25.0 Å². The number of rotatable bonds is 16. The van der Waals surface area contributed by atoms with E-state index in [0.717, 1.165) is 19.3 Å². The van der Waals surface area contributed by atoms with Crippen LogP contribution in [-0.2, 0) is 14.4 Å². The molecule has 1 saturated carbocycles. The number of unbranched alkanes of at least 4 members (excludes halogenated alkanes) is 12. The van der Waals surface area contributed by atoms with Crippen LogP contribution in [0.25, 0.3) is 0 Å². The van der Waals surface area contributed by atoms with Crippen molar-refractivity contribution in [1.82, 2.24) is 0 Å². The smallest absolute Gasteiger partial charge is 0.151 e. The molecular formula is C23H40ClNO3S. The van der Waals surface area contributed by atoms with Gasteiger partial charge in [-0.15, -0.1) is 25.0 Å². The van der Waals surface area contributed by atoms with Crippen molar-refractivity contribution in [2.75, 3.05) is 0 Å². The number of halogens is 1. The van der Waals surface area contributed by atoms with E-state index in [1.807, 2.05) is 0 Å². The van der Waals surface area contributed by atoms with Crippen molar-refractivity contribution < 1.29 is 14.4 Å². The van der Waals surface area contributed by atoms with Gasteiger partial charge in [-0.25, -0.2) is 0 Å². The molecule has 0 atom stereocenters. The SMILES string of the molecule is CCCCCCCCCCCCCCCC(=O)C1C(=O)CC(C(=N)S)CC1=O.Cl. The zero-order valence-electron chi connectivity index (χ0n) is 18.0. The Kier molecular flexibility index (Phi) is 16.6. The van der Waals surface area contributed by atoms with Crippen molar-refractivity contribution in [3.8, 4) is 0 Å². The first kappa shape index (κ1) is 28.3. The molecule has 0 aliphatic heterocycles. The highest BCUT2D eigenvalue weighted by Crippen LogP contribution is 2.27. The topological polar surface area (TPSA) is 75.1 Å². The van der Waals surface area contributed by atoms with E-state index in [1.165, 1.54) is 64.2 Å². The number of carbonyl (C=O) groups excluding carboxylic acids is 3. The highest BCUT2D eigenvalue weighted by Gasteiger charge is 2.40. The van der Waals surface area contributed by atoms with E-state index < -0.39 is 11.8 Å². The Morgan fingerprint density at radius 1 is 0.828 bits per heavy atom. The van der Waals surface area contributed by atoms with Gasteiger partial charge in [0.2, 0.25) is 0 Å². The van der Waals surface area contributed by atoms with Crippen LogP contribution in [0.5, 0.6) is 0 Å². The van der Waals surface area contributed by atoms with Crippen LogP contribution in [0.2, 0.25) is 0 Å². The van der Waals surface area contributed by atoms with Crippen LogP contribution in [0, 0.1) is 17.2 Å². The van der Waals surface area contributed by atoms with Gasteiger partial charge in [-0.05, 0) is 6.42 Å². The summed E-state index contributed by atoms with van der Waals surface area (Å²) in [4.78, 5) is 36.5. The highest BCUT2D eigenvalue weighted by atomic mass is 35.5. The van der Waals surface area contributed by atoms with Gasteiger partial charge in [-0.3, -0.25) is 19.8 Å². The van der Waals surface area contributed by atoms with E-state index in [9.17, 15) is 14.4 Å². The summed E-state index contributed by atoms with van der Waals surface area (Å²) in [6.45, 7) is 2.25. The molecule has 4 nitrogen and oxygen atoms in total. The molecule has 0 aromatic rings. The average molecular weight is 446 g/mol. The summed E-state index contributed by atoms with van der Waals surface area (Å²) < 4.78 is 0. The van der Waals surface area contributed by atoms with Crippen molar-refractivity contribution in [2.45, 2.75) is 110 Å². The third-order valence-electron chi connectivity index (χ3n) is 5.77. The van der Waals surface area contributed by atoms with Gasteiger partial charge in [0.1, 0.15) is 5.92 Å². The average Bonchev–Trinajstić information content (AvgIpc) is 2.64. The first-order valence-electron chi connectivity index (χ1n) is 11.3. The summed E-state index contributed by atoms with van der Waals surface area (Å²) in [5.41, 5.74) is 0. The number of hydrogen-bond acceptors (Lipinski definition) is 4. The third-order valence-corrected chi connectivity index (χ3v) is 6.14. The summed E-state index contributed by atoms with van der Waals surface area (Å²) in [6.07, 6.45) is 16.7. The molecule has 0 bridgehead atoms. The summed E-state index contributed by atoms with van der Waals surface area (Å²) >= 11 is 3.93. The molecule has 1 rings (SSSR count). The van der Waals surface area contributed by atoms with Crippen LogP contribution in [0.3, 0.4) is 0 Å². The minimum atomic E-state index is -1.07. The maximum absolute atomic E-state index is 12.3. The molecule has 6 heteroatoms. The second kappa shape index (κ2) is 17.0.